The van der Waals surface area contributed by atoms with Crippen LogP contribution in [0.2, 0.25) is 0 Å². The summed E-state index contributed by atoms with van der Waals surface area (Å²) < 4.78 is 38.7. The van der Waals surface area contributed by atoms with Gasteiger partial charge in [0.2, 0.25) is 0 Å². The van der Waals surface area contributed by atoms with E-state index in [-0.39, 0.29) is 18.4 Å². The minimum absolute atomic E-state index is 0.00564. The van der Waals surface area contributed by atoms with Crippen molar-refractivity contribution in [3.05, 3.63) is 18.0 Å². The maximum atomic E-state index is 12.5. The summed E-state index contributed by atoms with van der Waals surface area (Å²) in [6, 6.07) is 1.70. The Bertz CT molecular complexity index is 597. The number of nitrogens with one attached hydrogen (secondary N) is 1. The van der Waals surface area contributed by atoms with Crippen molar-refractivity contribution in [2.75, 3.05) is 19.6 Å². The smallest absolute Gasteiger partial charge is 0.346 e. The van der Waals surface area contributed by atoms with E-state index >= 15 is 0 Å². The quantitative estimate of drug-likeness (QED) is 0.815. The third-order valence-electron chi connectivity index (χ3n) is 5.17. The molecule has 1 saturated heterocycles. The number of hydrogen-bond donors (Lipinski definition) is 1. The summed E-state index contributed by atoms with van der Waals surface area (Å²) in [6.45, 7) is 4.39. The zero-order chi connectivity index (χ0) is 18.0. The Hall–Kier alpha value is -1.57. The van der Waals surface area contributed by atoms with Crippen LogP contribution in [0.25, 0.3) is 0 Å². The van der Waals surface area contributed by atoms with Crippen LogP contribution in [0.15, 0.2) is 12.3 Å². The van der Waals surface area contributed by atoms with Crippen LogP contribution in [0.5, 0.6) is 0 Å². The fraction of sp³-hybridized carbons (Fsp3) is 0.765. The van der Waals surface area contributed by atoms with Gasteiger partial charge in [0.1, 0.15) is 5.69 Å². The monoisotopic (exact) mass is 358 g/mol. The average molecular weight is 358 g/mol. The van der Waals surface area contributed by atoms with Gasteiger partial charge in [-0.25, -0.2) is 0 Å². The van der Waals surface area contributed by atoms with Crippen LogP contribution in [-0.2, 0) is 6.54 Å². The van der Waals surface area contributed by atoms with E-state index in [9.17, 15) is 18.0 Å². The van der Waals surface area contributed by atoms with Gasteiger partial charge in [0, 0.05) is 38.3 Å². The molecule has 0 radical (unpaired) electrons. The standard InChI is InChI=1S/C17H25F3N4O/c1-2-24-15(6-8-21-24)16(25)22-14-11-23(9-3-7-17(18,19)20)10-13(14)12-4-5-12/h6,8,12-14H,2-5,7,9-11H2,1H3,(H,22,25)/t13-,14+/m0/s1. The third kappa shape index (κ3) is 4.74. The zero-order valence-corrected chi connectivity index (χ0v) is 14.4. The number of carbonyl (C=O) groups is 1. The molecule has 1 amide bonds. The summed E-state index contributed by atoms with van der Waals surface area (Å²) in [7, 11) is 0. The van der Waals surface area contributed by atoms with Crippen molar-refractivity contribution in [2.24, 2.45) is 11.8 Å². The van der Waals surface area contributed by atoms with Crippen molar-refractivity contribution < 1.29 is 18.0 Å². The molecule has 0 bridgehead atoms. The van der Waals surface area contributed by atoms with Crippen LogP contribution < -0.4 is 5.32 Å². The van der Waals surface area contributed by atoms with Crippen LogP contribution in [-0.4, -0.2) is 52.4 Å². The van der Waals surface area contributed by atoms with Crippen molar-refractivity contribution in [1.29, 1.82) is 0 Å². The SMILES string of the molecule is CCn1nccc1C(=O)N[C@@H]1CN(CCCC(F)(F)F)C[C@H]1C1CC1. The molecule has 2 aliphatic rings. The summed E-state index contributed by atoms with van der Waals surface area (Å²) in [5, 5.41) is 7.21. The van der Waals surface area contributed by atoms with Gasteiger partial charge in [-0.3, -0.25) is 9.48 Å². The van der Waals surface area contributed by atoms with Crippen molar-refractivity contribution in [2.45, 2.75) is 51.4 Å². The first kappa shape index (κ1) is 18.2. The van der Waals surface area contributed by atoms with Crippen LogP contribution in [0, 0.1) is 11.8 Å². The van der Waals surface area contributed by atoms with E-state index in [1.807, 2.05) is 6.92 Å². The Kier molecular flexibility index (Phi) is 5.36. The fourth-order valence-corrected chi connectivity index (χ4v) is 3.77. The maximum absolute atomic E-state index is 12.5. The topological polar surface area (TPSA) is 50.2 Å². The number of rotatable bonds is 7. The molecular weight excluding hydrogens is 333 g/mol. The molecule has 8 heteroatoms. The van der Waals surface area contributed by atoms with E-state index in [2.05, 4.69) is 15.3 Å². The van der Waals surface area contributed by atoms with Gasteiger partial charge in [-0.15, -0.1) is 0 Å². The molecule has 1 N–H and O–H groups in total. The maximum Gasteiger partial charge on any atom is 0.389 e. The highest BCUT2D eigenvalue weighted by Gasteiger charge is 2.43. The van der Waals surface area contributed by atoms with Gasteiger partial charge in [0.15, 0.2) is 0 Å². The molecule has 1 aromatic heterocycles. The fourth-order valence-electron chi connectivity index (χ4n) is 3.77. The number of alkyl halides is 3. The first-order valence-corrected chi connectivity index (χ1v) is 8.99. The van der Waals surface area contributed by atoms with E-state index in [1.54, 1.807) is 16.9 Å². The molecular formula is C17H25F3N4O. The lowest BCUT2D eigenvalue weighted by Crippen LogP contribution is -2.42. The van der Waals surface area contributed by atoms with E-state index in [0.29, 0.717) is 37.2 Å². The van der Waals surface area contributed by atoms with Crippen molar-refractivity contribution in [1.82, 2.24) is 20.0 Å². The van der Waals surface area contributed by atoms with Crippen molar-refractivity contribution in [3.63, 3.8) is 0 Å². The highest BCUT2D eigenvalue weighted by Crippen LogP contribution is 2.41. The lowest BCUT2D eigenvalue weighted by atomic mass is 9.98. The molecule has 1 aliphatic heterocycles. The Morgan fingerprint density at radius 2 is 2.12 bits per heavy atom. The largest absolute Gasteiger partial charge is 0.389 e. The zero-order valence-electron chi connectivity index (χ0n) is 14.4. The first-order chi connectivity index (χ1) is 11.9. The number of amides is 1. The average Bonchev–Trinajstić information content (AvgIpc) is 3.12. The number of hydrogen-bond acceptors (Lipinski definition) is 3. The number of halogens is 3. The van der Waals surface area contributed by atoms with Gasteiger partial charge in [-0.1, -0.05) is 0 Å². The minimum atomic E-state index is -4.10. The molecule has 5 nitrogen and oxygen atoms in total. The molecule has 0 spiro atoms. The summed E-state index contributed by atoms with van der Waals surface area (Å²) in [5.41, 5.74) is 0.535. The van der Waals surface area contributed by atoms with Crippen LogP contribution >= 0.6 is 0 Å². The summed E-state index contributed by atoms with van der Waals surface area (Å²) >= 11 is 0. The van der Waals surface area contributed by atoms with Gasteiger partial charge in [0.25, 0.3) is 5.91 Å². The molecule has 1 aromatic rings. The summed E-state index contributed by atoms with van der Waals surface area (Å²) in [4.78, 5) is 14.6. The van der Waals surface area contributed by atoms with Crippen molar-refractivity contribution >= 4 is 5.91 Å². The Labute approximate surface area is 145 Å². The highest BCUT2D eigenvalue weighted by molar-refractivity contribution is 5.92. The van der Waals surface area contributed by atoms with Crippen LogP contribution in [0.4, 0.5) is 13.2 Å². The molecule has 2 fully saturated rings. The second kappa shape index (κ2) is 7.35. The summed E-state index contributed by atoms with van der Waals surface area (Å²) in [5.74, 6) is 0.786. The lowest BCUT2D eigenvalue weighted by Gasteiger charge is -2.19. The minimum Gasteiger partial charge on any atom is -0.346 e. The van der Waals surface area contributed by atoms with E-state index in [4.69, 9.17) is 0 Å². The van der Waals surface area contributed by atoms with E-state index in [0.717, 1.165) is 19.4 Å². The molecule has 140 valence electrons. The molecule has 1 saturated carbocycles. The van der Waals surface area contributed by atoms with Crippen LogP contribution in [0.1, 0.15) is 43.1 Å². The second-order valence-corrected chi connectivity index (χ2v) is 7.09. The second-order valence-electron chi connectivity index (χ2n) is 7.09. The molecule has 25 heavy (non-hydrogen) atoms. The molecule has 2 atom stereocenters. The van der Waals surface area contributed by atoms with Gasteiger partial charge < -0.3 is 10.2 Å². The van der Waals surface area contributed by atoms with Crippen molar-refractivity contribution in [3.8, 4) is 0 Å². The Morgan fingerprint density at radius 1 is 1.36 bits per heavy atom. The normalized spacial score (nSPS) is 24.6. The first-order valence-electron chi connectivity index (χ1n) is 8.99. The van der Waals surface area contributed by atoms with Gasteiger partial charge >= 0.3 is 6.18 Å². The number of aromatic nitrogens is 2. The number of likely N-dealkylation sites (tertiary alicyclic amines) is 1. The number of nitrogens with zero attached hydrogens (tertiary/aromatic N) is 3. The van der Waals surface area contributed by atoms with Gasteiger partial charge in [0.05, 0.1) is 0 Å². The highest BCUT2D eigenvalue weighted by atomic mass is 19.4. The number of carbonyl (C=O) groups excluding carboxylic acids is 1. The van der Waals surface area contributed by atoms with Crippen LogP contribution in [0.3, 0.4) is 0 Å². The van der Waals surface area contributed by atoms with Gasteiger partial charge in [-0.2, -0.15) is 18.3 Å². The van der Waals surface area contributed by atoms with E-state index < -0.39 is 12.6 Å². The molecule has 2 heterocycles. The predicted molar refractivity (Wildman–Crippen MR) is 87.1 cm³/mol. The summed E-state index contributed by atoms with van der Waals surface area (Å²) in [6.07, 6.45) is -0.814. The van der Waals surface area contributed by atoms with Gasteiger partial charge in [-0.05, 0) is 50.6 Å². The number of aryl methyl sites for hydroxylation is 1. The third-order valence-corrected chi connectivity index (χ3v) is 5.17. The Balaban J connectivity index is 1.57. The molecule has 0 aromatic carbocycles. The van der Waals surface area contributed by atoms with E-state index in [1.165, 1.54) is 0 Å². The lowest BCUT2D eigenvalue weighted by molar-refractivity contribution is -0.136. The molecule has 1 aliphatic carbocycles. The molecule has 3 rings (SSSR count). The molecule has 0 unspecified atom stereocenters. The Morgan fingerprint density at radius 3 is 2.76 bits per heavy atom. The predicted octanol–water partition coefficient (Wildman–Crippen LogP) is 2.69.